The zero-order valence-corrected chi connectivity index (χ0v) is 14.2. The van der Waals surface area contributed by atoms with E-state index in [4.69, 9.17) is 0 Å². The summed E-state index contributed by atoms with van der Waals surface area (Å²) < 4.78 is 47.6. The van der Waals surface area contributed by atoms with Gasteiger partial charge in [-0.05, 0) is 42.2 Å². The van der Waals surface area contributed by atoms with Crippen molar-refractivity contribution in [2.45, 2.75) is 22.6 Å². The van der Waals surface area contributed by atoms with Crippen LogP contribution in [0.3, 0.4) is 0 Å². The van der Waals surface area contributed by atoms with Crippen LogP contribution in [0.15, 0.2) is 52.5 Å². The third-order valence-electron chi connectivity index (χ3n) is 2.97. The molecular weight excluding hydrogens is 358 g/mol. The maximum Gasteiger partial charge on any atom is 0.341 e. The van der Waals surface area contributed by atoms with E-state index in [2.05, 4.69) is 10.3 Å². The molecule has 1 aromatic carbocycles. The number of benzene rings is 1. The number of aromatic nitrogens is 1. The number of anilines is 1. The molecular formula is C15H14F2N2O3S2. The first-order valence-electron chi connectivity index (χ1n) is 6.87. The molecule has 0 aliphatic carbocycles. The molecule has 2 aromatic rings. The van der Waals surface area contributed by atoms with Crippen LogP contribution in [0.5, 0.6) is 0 Å². The molecule has 9 heteroatoms. The van der Waals surface area contributed by atoms with Gasteiger partial charge < -0.3 is 5.32 Å². The van der Waals surface area contributed by atoms with Crippen molar-refractivity contribution in [2.24, 2.45) is 0 Å². The smallest absolute Gasteiger partial charge is 0.321 e. The van der Waals surface area contributed by atoms with E-state index in [1.165, 1.54) is 18.3 Å². The minimum absolute atomic E-state index is 0.148. The first-order chi connectivity index (χ1) is 11.3. The Morgan fingerprint density at radius 3 is 2.38 bits per heavy atom. The van der Waals surface area contributed by atoms with Gasteiger partial charge in [-0.25, -0.2) is 13.4 Å². The van der Waals surface area contributed by atoms with Gasteiger partial charge in [0.2, 0.25) is 9.84 Å². The highest BCUT2D eigenvalue weighted by Gasteiger charge is 2.26. The van der Waals surface area contributed by atoms with E-state index < -0.39 is 26.4 Å². The maximum atomic E-state index is 12.5. The quantitative estimate of drug-likeness (QED) is 0.786. The number of hydrogen-bond donors (Lipinski definition) is 1. The zero-order valence-electron chi connectivity index (χ0n) is 12.6. The van der Waals surface area contributed by atoms with Gasteiger partial charge in [-0.1, -0.05) is 6.92 Å². The first kappa shape index (κ1) is 18.3. The number of rotatable bonds is 6. The number of nitrogens with one attached hydrogen (secondary N) is 1. The highest BCUT2D eigenvalue weighted by atomic mass is 32.2. The predicted octanol–water partition coefficient (Wildman–Crippen LogP) is 3.44. The highest BCUT2D eigenvalue weighted by molar-refractivity contribution is 7.99. The van der Waals surface area contributed by atoms with Crippen molar-refractivity contribution in [3.05, 3.63) is 48.2 Å². The number of amides is 1. The monoisotopic (exact) mass is 372 g/mol. The molecule has 5 nitrogen and oxygen atoms in total. The third-order valence-corrected chi connectivity index (χ3v) is 5.19. The largest absolute Gasteiger partial charge is 0.341 e. The van der Waals surface area contributed by atoms with Crippen molar-refractivity contribution in [3.63, 3.8) is 0 Å². The van der Waals surface area contributed by atoms with Crippen molar-refractivity contribution in [1.29, 1.82) is 0 Å². The number of nitrogens with zero attached hydrogens (tertiary/aromatic N) is 1. The summed E-state index contributed by atoms with van der Waals surface area (Å²) in [5.74, 6) is -3.11. The van der Waals surface area contributed by atoms with Gasteiger partial charge in [-0.3, -0.25) is 4.79 Å². The second-order valence-corrected chi connectivity index (χ2v) is 7.80. The molecule has 0 fully saturated rings. The Morgan fingerprint density at radius 1 is 1.21 bits per heavy atom. The molecule has 0 saturated heterocycles. The second kappa shape index (κ2) is 7.71. The lowest BCUT2D eigenvalue weighted by Crippen LogP contribution is -2.14. The third kappa shape index (κ3) is 4.30. The lowest BCUT2D eigenvalue weighted by atomic mass is 10.2. The summed E-state index contributed by atoms with van der Waals surface area (Å²) in [6.45, 7) is 2.00. The standard InChI is InChI=1S/C15H14F2N2O3S2/c1-2-23-13-8-5-11(9-18-13)19-14(20)10-3-6-12(7-4-10)24(21,22)15(16)17/h3-9,15H,2H2,1H3,(H,19,20). The molecule has 0 unspecified atom stereocenters. The van der Waals surface area contributed by atoms with Gasteiger partial charge in [0.05, 0.1) is 21.8 Å². The van der Waals surface area contributed by atoms with Gasteiger partial charge in [0.25, 0.3) is 5.91 Å². The number of sulfone groups is 1. The van der Waals surface area contributed by atoms with Crippen molar-refractivity contribution in [2.75, 3.05) is 11.1 Å². The molecule has 0 aliphatic rings. The fourth-order valence-corrected chi connectivity index (χ4v) is 3.10. The number of pyridine rings is 1. The molecule has 0 atom stereocenters. The number of carbonyl (C=O) groups excluding carboxylic acids is 1. The van der Waals surface area contributed by atoms with Gasteiger partial charge in [-0.15, -0.1) is 11.8 Å². The van der Waals surface area contributed by atoms with Gasteiger partial charge in [0.1, 0.15) is 0 Å². The molecule has 1 amide bonds. The highest BCUT2D eigenvalue weighted by Crippen LogP contribution is 2.20. The van der Waals surface area contributed by atoms with Gasteiger partial charge >= 0.3 is 5.76 Å². The van der Waals surface area contributed by atoms with E-state index in [0.29, 0.717) is 5.69 Å². The van der Waals surface area contributed by atoms with Crippen LogP contribution in [0.4, 0.5) is 14.5 Å². The molecule has 1 aromatic heterocycles. The van der Waals surface area contributed by atoms with Crippen LogP contribution < -0.4 is 5.32 Å². The van der Waals surface area contributed by atoms with Crippen LogP contribution >= 0.6 is 11.8 Å². The zero-order chi connectivity index (χ0) is 17.7. The molecule has 128 valence electrons. The van der Waals surface area contributed by atoms with Crippen molar-refractivity contribution in [3.8, 4) is 0 Å². The van der Waals surface area contributed by atoms with Crippen LogP contribution in [0.25, 0.3) is 0 Å². The molecule has 2 rings (SSSR count). The van der Waals surface area contributed by atoms with Crippen LogP contribution in [-0.4, -0.2) is 30.8 Å². The number of halogens is 2. The summed E-state index contributed by atoms with van der Waals surface area (Å²) in [5.41, 5.74) is 0.625. The van der Waals surface area contributed by atoms with Crippen LogP contribution in [0.1, 0.15) is 17.3 Å². The minimum Gasteiger partial charge on any atom is -0.321 e. The fraction of sp³-hybridized carbons (Fsp3) is 0.200. The summed E-state index contributed by atoms with van der Waals surface area (Å²) in [7, 11) is -4.67. The van der Waals surface area contributed by atoms with Crippen molar-refractivity contribution in [1.82, 2.24) is 4.98 Å². The van der Waals surface area contributed by atoms with E-state index in [0.717, 1.165) is 22.9 Å². The van der Waals surface area contributed by atoms with E-state index in [-0.39, 0.29) is 5.56 Å². The average Bonchev–Trinajstić information content (AvgIpc) is 2.57. The lowest BCUT2D eigenvalue weighted by molar-refractivity contribution is 0.102. The topological polar surface area (TPSA) is 76.1 Å². The SMILES string of the molecule is CCSc1ccc(NC(=O)c2ccc(S(=O)(=O)C(F)F)cc2)cn1. The summed E-state index contributed by atoms with van der Waals surface area (Å²) in [6, 6.07) is 7.78. The molecule has 0 spiro atoms. The Bertz CT molecular complexity index is 808. The van der Waals surface area contributed by atoms with Gasteiger partial charge in [0, 0.05) is 5.56 Å². The fourth-order valence-electron chi connectivity index (χ4n) is 1.79. The second-order valence-electron chi connectivity index (χ2n) is 4.60. The van der Waals surface area contributed by atoms with Gasteiger partial charge in [-0.2, -0.15) is 8.78 Å². The Kier molecular flexibility index (Phi) is 5.89. The summed E-state index contributed by atoms with van der Waals surface area (Å²) in [6.07, 6.45) is 1.51. The van der Waals surface area contributed by atoms with E-state index in [9.17, 15) is 22.0 Å². The number of thioether (sulfide) groups is 1. The Balaban J connectivity index is 2.10. The summed E-state index contributed by atoms with van der Waals surface area (Å²) in [5, 5.41) is 3.43. The predicted molar refractivity (Wildman–Crippen MR) is 88.2 cm³/mol. The Morgan fingerprint density at radius 2 is 1.88 bits per heavy atom. The maximum absolute atomic E-state index is 12.5. The number of carbonyl (C=O) groups is 1. The molecule has 1 N–H and O–H groups in total. The van der Waals surface area contributed by atoms with E-state index in [1.807, 2.05) is 6.92 Å². The van der Waals surface area contributed by atoms with Crippen molar-refractivity contribution >= 4 is 33.2 Å². The average molecular weight is 372 g/mol. The number of alkyl halides is 2. The summed E-state index contributed by atoms with van der Waals surface area (Å²) in [4.78, 5) is 15.7. The molecule has 1 heterocycles. The minimum atomic E-state index is -4.67. The Hall–Kier alpha value is -2.00. The molecule has 0 saturated carbocycles. The molecule has 0 radical (unpaired) electrons. The van der Waals surface area contributed by atoms with E-state index in [1.54, 1.807) is 23.9 Å². The van der Waals surface area contributed by atoms with Crippen LogP contribution in [-0.2, 0) is 9.84 Å². The molecule has 0 bridgehead atoms. The van der Waals surface area contributed by atoms with Crippen molar-refractivity contribution < 1.29 is 22.0 Å². The van der Waals surface area contributed by atoms with E-state index >= 15 is 0 Å². The van der Waals surface area contributed by atoms with Gasteiger partial charge in [0.15, 0.2) is 0 Å². The van der Waals surface area contributed by atoms with Crippen LogP contribution in [0.2, 0.25) is 0 Å². The Labute approximate surface area is 142 Å². The molecule has 24 heavy (non-hydrogen) atoms. The number of hydrogen-bond acceptors (Lipinski definition) is 5. The first-order valence-corrected chi connectivity index (χ1v) is 9.40. The normalized spacial score (nSPS) is 11.5. The lowest BCUT2D eigenvalue weighted by Gasteiger charge is -2.07. The molecule has 0 aliphatic heterocycles. The summed E-state index contributed by atoms with van der Waals surface area (Å²) >= 11 is 1.56. The van der Waals surface area contributed by atoms with Crippen LogP contribution in [0, 0.1) is 0 Å².